The molecule has 0 radical (unpaired) electrons. The second-order valence-corrected chi connectivity index (χ2v) is 7.93. The number of carbonyl (C=O) groups excluding carboxylic acids is 2. The van der Waals surface area contributed by atoms with E-state index >= 15 is 0 Å². The summed E-state index contributed by atoms with van der Waals surface area (Å²) >= 11 is 1.47. The van der Waals surface area contributed by atoms with E-state index in [1.54, 1.807) is 31.2 Å². The number of aliphatic hydroxyl groups excluding tert-OH is 1. The SMILES string of the molecule is CCOc1cc(C2/C(=C(/O)c3ccncc3)C(=O)C(=O)N2Cc2cccs2)ccc1O. The first kappa shape index (κ1) is 20.6. The molecule has 0 aliphatic carbocycles. The van der Waals surface area contributed by atoms with Crippen LogP contribution in [0.1, 0.15) is 29.0 Å². The van der Waals surface area contributed by atoms with E-state index in [0.29, 0.717) is 17.7 Å². The molecule has 2 aromatic heterocycles. The Bertz CT molecular complexity index is 1140. The fraction of sp³-hybridized carbons (Fsp3) is 0.174. The lowest BCUT2D eigenvalue weighted by atomic mass is 9.95. The Morgan fingerprint density at radius 2 is 1.97 bits per heavy atom. The van der Waals surface area contributed by atoms with Crippen molar-refractivity contribution >= 4 is 28.8 Å². The molecular formula is C23H20N2O5S. The van der Waals surface area contributed by atoms with E-state index in [1.807, 2.05) is 17.5 Å². The Morgan fingerprint density at radius 3 is 2.65 bits per heavy atom. The Hall–Kier alpha value is -3.65. The van der Waals surface area contributed by atoms with Crippen molar-refractivity contribution in [1.29, 1.82) is 0 Å². The summed E-state index contributed by atoms with van der Waals surface area (Å²) in [6, 6.07) is 10.7. The van der Waals surface area contributed by atoms with Crippen LogP contribution in [-0.4, -0.2) is 38.4 Å². The summed E-state index contributed by atoms with van der Waals surface area (Å²) in [5.74, 6) is -1.53. The molecule has 1 saturated heterocycles. The number of phenols is 1. The normalized spacial score (nSPS) is 17.8. The van der Waals surface area contributed by atoms with Gasteiger partial charge in [0, 0.05) is 22.8 Å². The molecule has 0 spiro atoms. The summed E-state index contributed by atoms with van der Waals surface area (Å²) in [5.41, 5.74) is 0.923. The third kappa shape index (κ3) is 3.89. The maximum Gasteiger partial charge on any atom is 0.295 e. The summed E-state index contributed by atoms with van der Waals surface area (Å²) in [6.45, 7) is 2.34. The predicted octanol–water partition coefficient (Wildman–Crippen LogP) is 3.87. The van der Waals surface area contributed by atoms with Crippen LogP contribution >= 0.6 is 11.3 Å². The lowest BCUT2D eigenvalue weighted by Crippen LogP contribution is -2.28. The molecular weight excluding hydrogens is 416 g/mol. The average Bonchev–Trinajstić information content (AvgIpc) is 3.38. The number of amides is 1. The van der Waals surface area contributed by atoms with Crippen molar-refractivity contribution in [2.24, 2.45) is 0 Å². The molecule has 1 fully saturated rings. The number of thiophene rings is 1. The van der Waals surface area contributed by atoms with Crippen molar-refractivity contribution in [1.82, 2.24) is 9.88 Å². The minimum absolute atomic E-state index is 0.0131. The first-order valence-corrected chi connectivity index (χ1v) is 10.6. The van der Waals surface area contributed by atoms with Gasteiger partial charge in [0.25, 0.3) is 11.7 Å². The van der Waals surface area contributed by atoms with Crippen LogP contribution in [0.2, 0.25) is 0 Å². The van der Waals surface area contributed by atoms with Gasteiger partial charge in [0.05, 0.1) is 24.8 Å². The second kappa shape index (κ2) is 8.61. The molecule has 1 aliphatic rings. The Balaban J connectivity index is 1.88. The van der Waals surface area contributed by atoms with E-state index in [1.165, 1.54) is 34.7 Å². The molecule has 4 rings (SSSR count). The number of phenolic OH excluding ortho intramolecular Hbond substituents is 1. The minimum Gasteiger partial charge on any atom is -0.507 e. The van der Waals surface area contributed by atoms with Gasteiger partial charge in [-0.05, 0) is 48.2 Å². The number of aromatic hydroxyl groups is 1. The number of rotatable bonds is 6. The van der Waals surface area contributed by atoms with E-state index in [4.69, 9.17) is 4.74 Å². The van der Waals surface area contributed by atoms with Gasteiger partial charge < -0.3 is 19.8 Å². The van der Waals surface area contributed by atoms with Crippen LogP contribution in [0.5, 0.6) is 11.5 Å². The zero-order chi connectivity index (χ0) is 22.0. The first-order valence-electron chi connectivity index (χ1n) is 9.68. The van der Waals surface area contributed by atoms with Gasteiger partial charge in [-0.25, -0.2) is 0 Å². The molecule has 0 saturated carbocycles. The Morgan fingerprint density at radius 1 is 1.19 bits per heavy atom. The smallest absolute Gasteiger partial charge is 0.295 e. The molecule has 7 nitrogen and oxygen atoms in total. The molecule has 8 heteroatoms. The number of likely N-dealkylation sites (tertiary alicyclic amines) is 1. The molecule has 1 unspecified atom stereocenters. The van der Waals surface area contributed by atoms with Crippen molar-refractivity contribution in [2.45, 2.75) is 19.5 Å². The van der Waals surface area contributed by atoms with E-state index in [-0.39, 0.29) is 29.4 Å². The van der Waals surface area contributed by atoms with Gasteiger partial charge >= 0.3 is 0 Å². The number of carbonyl (C=O) groups is 2. The summed E-state index contributed by atoms with van der Waals surface area (Å²) in [4.78, 5) is 32.3. The quantitative estimate of drug-likeness (QED) is 0.346. The topological polar surface area (TPSA) is 100.0 Å². The highest BCUT2D eigenvalue weighted by atomic mass is 32.1. The molecule has 0 bridgehead atoms. The monoisotopic (exact) mass is 436 g/mol. The number of ketones is 1. The number of ether oxygens (including phenoxy) is 1. The van der Waals surface area contributed by atoms with E-state index in [2.05, 4.69) is 4.98 Å². The molecule has 3 heterocycles. The van der Waals surface area contributed by atoms with Gasteiger partial charge in [-0.3, -0.25) is 14.6 Å². The number of Topliss-reactive ketones (excluding diaryl/α,β-unsaturated/α-hetero) is 1. The van der Waals surface area contributed by atoms with Crippen molar-refractivity contribution < 1.29 is 24.5 Å². The first-order chi connectivity index (χ1) is 15.0. The summed E-state index contributed by atoms with van der Waals surface area (Å²) in [5, 5.41) is 23.0. The fourth-order valence-electron chi connectivity index (χ4n) is 3.60. The largest absolute Gasteiger partial charge is 0.507 e. The van der Waals surface area contributed by atoms with Gasteiger partial charge in [0.2, 0.25) is 0 Å². The van der Waals surface area contributed by atoms with Crippen LogP contribution in [0.15, 0.2) is 65.8 Å². The van der Waals surface area contributed by atoms with Crippen LogP contribution in [0.4, 0.5) is 0 Å². The van der Waals surface area contributed by atoms with Crippen molar-refractivity contribution in [2.75, 3.05) is 6.61 Å². The lowest BCUT2D eigenvalue weighted by Gasteiger charge is -2.25. The molecule has 1 atom stereocenters. The average molecular weight is 436 g/mol. The summed E-state index contributed by atoms with van der Waals surface area (Å²) in [7, 11) is 0. The fourth-order valence-corrected chi connectivity index (χ4v) is 4.30. The number of aliphatic hydroxyl groups is 1. The van der Waals surface area contributed by atoms with Gasteiger partial charge in [-0.1, -0.05) is 12.1 Å². The third-order valence-electron chi connectivity index (χ3n) is 5.00. The molecule has 2 N–H and O–H groups in total. The van der Waals surface area contributed by atoms with Gasteiger partial charge in [0.1, 0.15) is 5.76 Å². The lowest BCUT2D eigenvalue weighted by molar-refractivity contribution is -0.140. The molecule has 1 aliphatic heterocycles. The number of aromatic nitrogens is 1. The highest BCUT2D eigenvalue weighted by Gasteiger charge is 2.46. The van der Waals surface area contributed by atoms with Crippen LogP contribution in [0.3, 0.4) is 0 Å². The maximum absolute atomic E-state index is 13.0. The highest BCUT2D eigenvalue weighted by molar-refractivity contribution is 7.09. The number of benzene rings is 1. The predicted molar refractivity (Wildman–Crippen MR) is 116 cm³/mol. The third-order valence-corrected chi connectivity index (χ3v) is 5.86. The van der Waals surface area contributed by atoms with E-state index < -0.39 is 17.7 Å². The van der Waals surface area contributed by atoms with Crippen molar-refractivity contribution in [3.63, 3.8) is 0 Å². The number of hydrogen-bond acceptors (Lipinski definition) is 7. The van der Waals surface area contributed by atoms with Crippen LogP contribution in [0, 0.1) is 0 Å². The summed E-state index contributed by atoms with van der Waals surface area (Å²) < 4.78 is 5.49. The zero-order valence-electron chi connectivity index (χ0n) is 16.7. The second-order valence-electron chi connectivity index (χ2n) is 6.90. The zero-order valence-corrected chi connectivity index (χ0v) is 17.5. The van der Waals surface area contributed by atoms with Gasteiger partial charge in [0.15, 0.2) is 11.5 Å². The minimum atomic E-state index is -0.838. The molecule has 1 aromatic carbocycles. The molecule has 3 aromatic rings. The molecule has 1 amide bonds. The molecule has 31 heavy (non-hydrogen) atoms. The standard InChI is InChI=1S/C23H20N2O5S/c1-2-30-18-12-15(5-6-17(18)26)20-19(21(27)14-7-9-24-10-8-14)22(28)23(29)25(20)13-16-4-3-11-31-16/h3-12,20,26-27H,2,13H2,1H3/b21-19-. The van der Waals surface area contributed by atoms with Crippen LogP contribution in [0.25, 0.3) is 5.76 Å². The van der Waals surface area contributed by atoms with Gasteiger partial charge in [-0.15, -0.1) is 11.3 Å². The number of hydrogen-bond donors (Lipinski definition) is 2. The van der Waals surface area contributed by atoms with Crippen molar-refractivity contribution in [3.05, 3.63) is 81.8 Å². The van der Waals surface area contributed by atoms with Gasteiger partial charge in [-0.2, -0.15) is 0 Å². The number of nitrogens with zero attached hydrogens (tertiary/aromatic N) is 2. The highest BCUT2D eigenvalue weighted by Crippen LogP contribution is 2.42. The van der Waals surface area contributed by atoms with E-state index in [9.17, 15) is 19.8 Å². The number of pyridine rings is 1. The van der Waals surface area contributed by atoms with E-state index in [0.717, 1.165) is 4.88 Å². The Kier molecular flexibility index (Phi) is 5.73. The maximum atomic E-state index is 13.0. The molecule has 158 valence electrons. The summed E-state index contributed by atoms with van der Waals surface area (Å²) in [6.07, 6.45) is 3.00. The van der Waals surface area contributed by atoms with Crippen LogP contribution in [-0.2, 0) is 16.1 Å². The van der Waals surface area contributed by atoms with Crippen molar-refractivity contribution in [3.8, 4) is 11.5 Å². The Labute approximate surface area is 182 Å². The van der Waals surface area contributed by atoms with Crippen LogP contribution < -0.4 is 4.74 Å².